The number of aromatic nitrogens is 1. The third-order valence-electron chi connectivity index (χ3n) is 2.55. The molecule has 0 aromatic carbocycles. The summed E-state index contributed by atoms with van der Waals surface area (Å²) in [6.45, 7) is 4.65. The molecular formula is C10H17N3. The molecule has 1 aliphatic heterocycles. The number of rotatable bonds is 4. The Labute approximate surface area is 79.1 Å². The van der Waals surface area contributed by atoms with Crippen LogP contribution >= 0.6 is 0 Å². The lowest BCUT2D eigenvalue weighted by Crippen LogP contribution is -2.47. The summed E-state index contributed by atoms with van der Waals surface area (Å²) in [4.78, 5) is 5.46. The van der Waals surface area contributed by atoms with E-state index in [9.17, 15) is 0 Å². The first-order valence-corrected chi connectivity index (χ1v) is 4.85. The quantitative estimate of drug-likeness (QED) is 0.711. The first-order chi connectivity index (χ1) is 6.34. The molecule has 13 heavy (non-hydrogen) atoms. The van der Waals surface area contributed by atoms with Gasteiger partial charge in [0.05, 0.1) is 0 Å². The van der Waals surface area contributed by atoms with Crippen molar-refractivity contribution in [3.63, 3.8) is 0 Å². The molecule has 1 fully saturated rings. The van der Waals surface area contributed by atoms with Crippen molar-refractivity contribution in [3.05, 3.63) is 24.0 Å². The smallest absolute Gasteiger partial charge is 0.0245 e. The molecule has 2 heterocycles. The largest absolute Gasteiger partial charge is 0.367 e. The van der Waals surface area contributed by atoms with Crippen molar-refractivity contribution in [2.24, 2.45) is 5.92 Å². The first-order valence-electron chi connectivity index (χ1n) is 4.85. The average Bonchev–Trinajstić information content (AvgIpc) is 2.49. The molecule has 2 N–H and O–H groups in total. The van der Waals surface area contributed by atoms with E-state index in [1.165, 1.54) is 25.2 Å². The fourth-order valence-electron chi connectivity index (χ4n) is 1.75. The molecule has 0 saturated carbocycles. The van der Waals surface area contributed by atoms with Gasteiger partial charge in [-0.2, -0.15) is 0 Å². The van der Waals surface area contributed by atoms with Crippen molar-refractivity contribution in [2.45, 2.75) is 6.54 Å². The van der Waals surface area contributed by atoms with Crippen LogP contribution in [0.25, 0.3) is 0 Å². The highest BCUT2D eigenvalue weighted by atomic mass is 15.1. The maximum Gasteiger partial charge on any atom is 0.0245 e. The van der Waals surface area contributed by atoms with Crippen molar-refractivity contribution in [3.8, 4) is 0 Å². The van der Waals surface area contributed by atoms with E-state index >= 15 is 0 Å². The molecule has 1 saturated heterocycles. The molecule has 2 rings (SSSR count). The van der Waals surface area contributed by atoms with Crippen LogP contribution in [-0.4, -0.2) is 36.6 Å². The van der Waals surface area contributed by atoms with E-state index in [1.807, 2.05) is 6.20 Å². The summed E-state index contributed by atoms with van der Waals surface area (Å²) in [5, 5.41) is 3.29. The minimum Gasteiger partial charge on any atom is -0.367 e. The van der Waals surface area contributed by atoms with E-state index < -0.39 is 0 Å². The van der Waals surface area contributed by atoms with Gasteiger partial charge in [0, 0.05) is 38.6 Å². The number of nitrogens with zero attached hydrogens (tertiary/aromatic N) is 1. The Hall–Kier alpha value is -0.800. The van der Waals surface area contributed by atoms with Gasteiger partial charge >= 0.3 is 0 Å². The van der Waals surface area contributed by atoms with E-state index in [0.29, 0.717) is 0 Å². The van der Waals surface area contributed by atoms with Crippen LogP contribution in [0.2, 0.25) is 0 Å². The molecule has 0 unspecified atom stereocenters. The summed E-state index contributed by atoms with van der Waals surface area (Å²) in [5.74, 6) is 0.865. The Morgan fingerprint density at radius 2 is 2.38 bits per heavy atom. The summed E-state index contributed by atoms with van der Waals surface area (Å²) in [5.41, 5.74) is 1.37. The summed E-state index contributed by atoms with van der Waals surface area (Å²) in [6, 6.07) is 2.13. The molecule has 0 spiro atoms. The lowest BCUT2D eigenvalue weighted by Gasteiger charge is -2.31. The molecule has 0 atom stereocenters. The SMILES string of the molecule is CN(Cc1cc[nH]c1)CC1CNC1. The van der Waals surface area contributed by atoms with Crippen molar-refractivity contribution in [1.29, 1.82) is 0 Å². The van der Waals surface area contributed by atoms with Crippen LogP contribution in [0, 0.1) is 5.92 Å². The van der Waals surface area contributed by atoms with Gasteiger partial charge in [0.2, 0.25) is 0 Å². The van der Waals surface area contributed by atoms with Gasteiger partial charge in [-0.05, 0) is 24.6 Å². The van der Waals surface area contributed by atoms with E-state index in [-0.39, 0.29) is 0 Å². The van der Waals surface area contributed by atoms with E-state index in [0.717, 1.165) is 12.5 Å². The van der Waals surface area contributed by atoms with Crippen LogP contribution in [0.15, 0.2) is 18.5 Å². The lowest BCUT2D eigenvalue weighted by atomic mass is 10.0. The predicted octanol–water partition coefficient (Wildman–Crippen LogP) is 0.666. The Kier molecular flexibility index (Phi) is 2.66. The minimum absolute atomic E-state index is 0.865. The highest BCUT2D eigenvalue weighted by Crippen LogP contribution is 2.07. The zero-order chi connectivity index (χ0) is 9.10. The Morgan fingerprint density at radius 1 is 1.54 bits per heavy atom. The molecule has 72 valence electrons. The summed E-state index contributed by atoms with van der Waals surface area (Å²) in [7, 11) is 2.19. The third kappa shape index (κ3) is 2.32. The van der Waals surface area contributed by atoms with Crippen molar-refractivity contribution in [2.75, 3.05) is 26.7 Å². The van der Waals surface area contributed by atoms with Gasteiger partial charge in [0.1, 0.15) is 0 Å². The zero-order valence-corrected chi connectivity index (χ0v) is 8.09. The van der Waals surface area contributed by atoms with E-state index in [4.69, 9.17) is 0 Å². The normalized spacial score (nSPS) is 17.7. The van der Waals surface area contributed by atoms with Gasteiger partial charge in [-0.1, -0.05) is 0 Å². The van der Waals surface area contributed by atoms with Crippen LogP contribution in [0.4, 0.5) is 0 Å². The highest BCUT2D eigenvalue weighted by Gasteiger charge is 2.18. The average molecular weight is 179 g/mol. The molecule has 1 aliphatic rings. The van der Waals surface area contributed by atoms with Gasteiger partial charge in [-0.25, -0.2) is 0 Å². The summed E-state index contributed by atoms with van der Waals surface area (Å²) in [6.07, 6.45) is 4.05. The van der Waals surface area contributed by atoms with Crippen LogP contribution < -0.4 is 5.32 Å². The van der Waals surface area contributed by atoms with Gasteiger partial charge in [0.25, 0.3) is 0 Å². The fraction of sp³-hybridized carbons (Fsp3) is 0.600. The predicted molar refractivity (Wildman–Crippen MR) is 53.5 cm³/mol. The molecule has 3 heteroatoms. The maximum absolute atomic E-state index is 3.29. The lowest BCUT2D eigenvalue weighted by molar-refractivity contribution is 0.219. The molecule has 0 aliphatic carbocycles. The Bertz CT molecular complexity index is 239. The van der Waals surface area contributed by atoms with Crippen LogP contribution in [0.1, 0.15) is 5.56 Å². The second-order valence-corrected chi connectivity index (χ2v) is 3.94. The summed E-state index contributed by atoms with van der Waals surface area (Å²) < 4.78 is 0. The number of H-pyrrole nitrogens is 1. The topological polar surface area (TPSA) is 31.1 Å². The van der Waals surface area contributed by atoms with E-state index in [1.54, 1.807) is 0 Å². The highest BCUT2D eigenvalue weighted by molar-refractivity contribution is 5.07. The molecule has 3 nitrogen and oxygen atoms in total. The van der Waals surface area contributed by atoms with Crippen molar-refractivity contribution < 1.29 is 0 Å². The Morgan fingerprint density at radius 3 is 2.92 bits per heavy atom. The third-order valence-corrected chi connectivity index (χ3v) is 2.55. The number of hydrogen-bond acceptors (Lipinski definition) is 2. The molecule has 1 aromatic rings. The van der Waals surface area contributed by atoms with Crippen molar-refractivity contribution >= 4 is 0 Å². The second kappa shape index (κ2) is 3.94. The second-order valence-electron chi connectivity index (χ2n) is 3.94. The van der Waals surface area contributed by atoms with Gasteiger partial charge in [0.15, 0.2) is 0 Å². The molecular weight excluding hydrogens is 162 g/mol. The number of aromatic amines is 1. The van der Waals surface area contributed by atoms with Gasteiger partial charge < -0.3 is 15.2 Å². The number of hydrogen-bond donors (Lipinski definition) is 2. The fourth-order valence-corrected chi connectivity index (χ4v) is 1.75. The van der Waals surface area contributed by atoms with Gasteiger partial charge in [-0.3, -0.25) is 0 Å². The number of nitrogens with one attached hydrogen (secondary N) is 2. The van der Waals surface area contributed by atoms with Gasteiger partial charge in [-0.15, -0.1) is 0 Å². The molecule has 0 amide bonds. The van der Waals surface area contributed by atoms with E-state index in [2.05, 4.69) is 34.5 Å². The van der Waals surface area contributed by atoms with Crippen molar-refractivity contribution in [1.82, 2.24) is 15.2 Å². The molecule has 0 bridgehead atoms. The van der Waals surface area contributed by atoms with Crippen LogP contribution in [0.3, 0.4) is 0 Å². The molecule has 0 radical (unpaired) electrons. The minimum atomic E-state index is 0.865. The first kappa shape index (κ1) is 8.78. The summed E-state index contributed by atoms with van der Waals surface area (Å²) >= 11 is 0. The van der Waals surface area contributed by atoms with Crippen LogP contribution in [-0.2, 0) is 6.54 Å². The van der Waals surface area contributed by atoms with Crippen LogP contribution in [0.5, 0.6) is 0 Å². The zero-order valence-electron chi connectivity index (χ0n) is 8.09. The maximum atomic E-state index is 3.29. The standard InChI is InChI=1S/C10H17N3/c1-13(8-10-5-12-6-10)7-9-2-3-11-4-9/h2-4,10-12H,5-8H2,1H3. The Balaban J connectivity index is 1.74. The molecule has 1 aromatic heterocycles. The monoisotopic (exact) mass is 179 g/mol.